The van der Waals surface area contributed by atoms with Gasteiger partial charge in [0.05, 0.1) is 11.0 Å². The molecule has 1 amide bonds. The van der Waals surface area contributed by atoms with E-state index < -0.39 is 22.5 Å². The minimum Gasteiger partial charge on any atom is -0.375 e. The van der Waals surface area contributed by atoms with Gasteiger partial charge in [0.2, 0.25) is 0 Å². The van der Waals surface area contributed by atoms with Crippen LogP contribution >= 0.6 is 0 Å². The molecule has 3 aromatic carbocycles. The number of amides is 1. The number of rotatable bonds is 8. The monoisotopic (exact) mass is 425 g/mol. The number of carbonyl (C=O) groups excluding carboxylic acids is 1. The van der Waals surface area contributed by atoms with Crippen LogP contribution < -0.4 is 10.6 Å². The van der Waals surface area contributed by atoms with E-state index in [4.69, 9.17) is 0 Å². The maximum absolute atomic E-state index is 13.4. The SMILES string of the molecule is CCC(NC(=O)c1ccc(NCc2ccc(F)c(F)c2)c([N+](=O)[O-])c1)c1ccccc1. The van der Waals surface area contributed by atoms with Gasteiger partial charge in [0, 0.05) is 18.2 Å². The van der Waals surface area contributed by atoms with Crippen LogP contribution in [0.2, 0.25) is 0 Å². The molecule has 1 unspecified atom stereocenters. The zero-order valence-corrected chi connectivity index (χ0v) is 16.8. The summed E-state index contributed by atoms with van der Waals surface area (Å²) in [4.78, 5) is 23.6. The number of nitro groups is 1. The van der Waals surface area contributed by atoms with Crippen LogP contribution in [0, 0.1) is 21.7 Å². The van der Waals surface area contributed by atoms with E-state index in [0.717, 1.165) is 17.7 Å². The maximum Gasteiger partial charge on any atom is 0.293 e. The van der Waals surface area contributed by atoms with Crippen LogP contribution in [0.3, 0.4) is 0 Å². The summed E-state index contributed by atoms with van der Waals surface area (Å²) in [5.74, 6) is -2.39. The van der Waals surface area contributed by atoms with Crippen molar-refractivity contribution in [3.8, 4) is 0 Å². The number of carbonyl (C=O) groups is 1. The van der Waals surface area contributed by atoms with Gasteiger partial charge in [-0.25, -0.2) is 8.78 Å². The first-order valence-electron chi connectivity index (χ1n) is 9.71. The van der Waals surface area contributed by atoms with Crippen molar-refractivity contribution < 1.29 is 18.5 Å². The summed E-state index contributed by atoms with van der Waals surface area (Å²) >= 11 is 0. The Hall–Kier alpha value is -3.81. The number of nitrogens with one attached hydrogen (secondary N) is 2. The quantitative estimate of drug-likeness (QED) is 0.376. The predicted octanol–water partition coefficient (Wildman–Crippen LogP) is 5.37. The van der Waals surface area contributed by atoms with Gasteiger partial charge in [0.1, 0.15) is 5.69 Å². The molecule has 0 bridgehead atoms. The molecule has 0 fully saturated rings. The summed E-state index contributed by atoms with van der Waals surface area (Å²) in [6.07, 6.45) is 0.658. The Balaban J connectivity index is 1.76. The van der Waals surface area contributed by atoms with Crippen LogP contribution in [0.4, 0.5) is 20.2 Å². The zero-order chi connectivity index (χ0) is 22.4. The van der Waals surface area contributed by atoms with Crippen molar-refractivity contribution >= 4 is 17.3 Å². The molecule has 0 saturated carbocycles. The first-order valence-corrected chi connectivity index (χ1v) is 9.71. The molecular weight excluding hydrogens is 404 g/mol. The Kier molecular flexibility index (Phi) is 6.92. The smallest absolute Gasteiger partial charge is 0.293 e. The topological polar surface area (TPSA) is 84.3 Å². The Labute approximate surface area is 178 Å². The number of halogens is 2. The van der Waals surface area contributed by atoms with Crippen molar-refractivity contribution in [3.05, 3.63) is 105 Å². The molecule has 0 aromatic heterocycles. The van der Waals surface area contributed by atoms with Gasteiger partial charge in [-0.15, -0.1) is 0 Å². The highest BCUT2D eigenvalue weighted by Gasteiger charge is 2.20. The summed E-state index contributed by atoms with van der Waals surface area (Å²) in [6, 6.07) is 16.7. The minimum atomic E-state index is -0.996. The van der Waals surface area contributed by atoms with Crippen LogP contribution in [-0.4, -0.2) is 10.8 Å². The van der Waals surface area contributed by atoms with Gasteiger partial charge in [-0.1, -0.05) is 43.3 Å². The molecule has 0 radical (unpaired) electrons. The van der Waals surface area contributed by atoms with Crippen LogP contribution in [0.25, 0.3) is 0 Å². The first-order chi connectivity index (χ1) is 14.9. The third-order valence-electron chi connectivity index (χ3n) is 4.84. The summed E-state index contributed by atoms with van der Waals surface area (Å²) in [7, 11) is 0. The average Bonchev–Trinajstić information content (AvgIpc) is 2.78. The molecule has 0 spiro atoms. The minimum absolute atomic E-state index is 0.0511. The molecule has 31 heavy (non-hydrogen) atoms. The van der Waals surface area contributed by atoms with E-state index in [-0.39, 0.29) is 29.5 Å². The lowest BCUT2D eigenvalue weighted by Gasteiger charge is -2.17. The zero-order valence-electron chi connectivity index (χ0n) is 16.8. The molecule has 8 heteroatoms. The van der Waals surface area contributed by atoms with Crippen molar-refractivity contribution in [2.24, 2.45) is 0 Å². The van der Waals surface area contributed by atoms with Crippen molar-refractivity contribution in [2.75, 3.05) is 5.32 Å². The fourth-order valence-corrected chi connectivity index (χ4v) is 3.17. The van der Waals surface area contributed by atoms with Crippen molar-refractivity contribution in [1.82, 2.24) is 5.32 Å². The van der Waals surface area contributed by atoms with E-state index in [9.17, 15) is 23.7 Å². The predicted molar refractivity (Wildman–Crippen MR) is 114 cm³/mol. The summed E-state index contributed by atoms with van der Waals surface area (Å²) in [5, 5.41) is 17.3. The number of nitrogens with zero attached hydrogens (tertiary/aromatic N) is 1. The Bertz CT molecular complexity index is 1090. The van der Waals surface area contributed by atoms with E-state index >= 15 is 0 Å². The van der Waals surface area contributed by atoms with Gasteiger partial charge in [-0.05, 0) is 41.8 Å². The molecule has 0 aliphatic rings. The molecule has 3 rings (SSSR count). The van der Waals surface area contributed by atoms with E-state index in [1.54, 1.807) is 0 Å². The molecule has 0 aliphatic carbocycles. The number of anilines is 1. The second kappa shape index (κ2) is 9.80. The molecule has 1 atom stereocenters. The van der Waals surface area contributed by atoms with Crippen LogP contribution in [-0.2, 0) is 6.54 Å². The third-order valence-corrected chi connectivity index (χ3v) is 4.84. The third kappa shape index (κ3) is 5.42. The largest absolute Gasteiger partial charge is 0.375 e. The lowest BCUT2D eigenvalue weighted by Crippen LogP contribution is -2.28. The molecule has 160 valence electrons. The van der Waals surface area contributed by atoms with Gasteiger partial charge >= 0.3 is 0 Å². The standard InChI is InChI=1S/C23H21F2N3O3/c1-2-20(16-6-4-3-5-7-16)27-23(29)17-9-11-21(22(13-17)28(30)31)26-14-15-8-10-18(24)19(25)12-15/h3-13,20,26H,2,14H2,1H3,(H,27,29). The molecule has 3 aromatic rings. The Morgan fingerprint density at radius 3 is 2.42 bits per heavy atom. The highest BCUT2D eigenvalue weighted by molar-refractivity contribution is 5.96. The lowest BCUT2D eigenvalue weighted by atomic mass is 10.0. The summed E-state index contributed by atoms with van der Waals surface area (Å²) in [6.45, 7) is 1.99. The van der Waals surface area contributed by atoms with Gasteiger partial charge in [0.15, 0.2) is 11.6 Å². The molecule has 2 N–H and O–H groups in total. The van der Waals surface area contributed by atoms with E-state index in [1.807, 2.05) is 37.3 Å². The fourth-order valence-electron chi connectivity index (χ4n) is 3.17. The Morgan fingerprint density at radius 2 is 1.77 bits per heavy atom. The Morgan fingerprint density at radius 1 is 1.03 bits per heavy atom. The van der Waals surface area contributed by atoms with Crippen molar-refractivity contribution in [1.29, 1.82) is 0 Å². The van der Waals surface area contributed by atoms with Crippen molar-refractivity contribution in [3.63, 3.8) is 0 Å². The number of hydrogen-bond acceptors (Lipinski definition) is 4. The molecule has 6 nitrogen and oxygen atoms in total. The van der Waals surface area contributed by atoms with E-state index in [1.165, 1.54) is 24.3 Å². The molecule has 0 saturated heterocycles. The van der Waals surface area contributed by atoms with Crippen molar-refractivity contribution in [2.45, 2.75) is 25.9 Å². The maximum atomic E-state index is 13.4. The van der Waals surface area contributed by atoms with Crippen LogP contribution in [0.1, 0.15) is 40.9 Å². The lowest BCUT2D eigenvalue weighted by molar-refractivity contribution is -0.384. The summed E-state index contributed by atoms with van der Waals surface area (Å²) < 4.78 is 26.4. The number of nitro benzene ring substituents is 1. The molecule has 0 aliphatic heterocycles. The second-order valence-electron chi connectivity index (χ2n) is 6.94. The van der Waals surface area contributed by atoms with E-state index in [2.05, 4.69) is 10.6 Å². The molecular formula is C23H21F2N3O3. The van der Waals surface area contributed by atoms with E-state index in [0.29, 0.717) is 12.0 Å². The highest BCUT2D eigenvalue weighted by atomic mass is 19.2. The van der Waals surface area contributed by atoms with Gasteiger partial charge in [-0.2, -0.15) is 0 Å². The molecule has 0 heterocycles. The summed E-state index contributed by atoms with van der Waals surface area (Å²) in [5.41, 5.74) is 1.39. The normalized spacial score (nSPS) is 11.6. The fraction of sp³-hybridized carbons (Fsp3) is 0.174. The average molecular weight is 425 g/mol. The second-order valence-corrected chi connectivity index (χ2v) is 6.94. The number of hydrogen-bond donors (Lipinski definition) is 2. The van der Waals surface area contributed by atoms with Crippen LogP contribution in [0.15, 0.2) is 66.7 Å². The van der Waals surface area contributed by atoms with Gasteiger partial charge in [0.25, 0.3) is 11.6 Å². The van der Waals surface area contributed by atoms with Gasteiger partial charge in [-0.3, -0.25) is 14.9 Å². The van der Waals surface area contributed by atoms with Gasteiger partial charge < -0.3 is 10.6 Å². The first kappa shape index (κ1) is 21.9. The highest BCUT2D eigenvalue weighted by Crippen LogP contribution is 2.27. The number of benzene rings is 3. The van der Waals surface area contributed by atoms with Crippen LogP contribution in [0.5, 0.6) is 0 Å².